The molecule has 0 amide bonds. The number of aryl methyl sites for hydroxylation is 1. The van der Waals surface area contributed by atoms with Gasteiger partial charge in [0.1, 0.15) is 0 Å². The fourth-order valence-corrected chi connectivity index (χ4v) is 3.23. The van der Waals surface area contributed by atoms with Gasteiger partial charge in [0.2, 0.25) is 0 Å². The molecular formula is C19H29IN4O2S. The first-order valence-electron chi connectivity index (χ1n) is 8.68. The molecule has 0 aliphatic rings. The molecule has 1 N–H and O–H groups in total. The second-order valence-electron chi connectivity index (χ2n) is 5.89. The van der Waals surface area contributed by atoms with Crippen LogP contribution >= 0.6 is 35.3 Å². The lowest BCUT2D eigenvalue weighted by atomic mass is 10.1. The van der Waals surface area contributed by atoms with Crippen LogP contribution in [0.3, 0.4) is 0 Å². The van der Waals surface area contributed by atoms with E-state index in [1.807, 2.05) is 24.6 Å². The van der Waals surface area contributed by atoms with Crippen molar-refractivity contribution in [3.63, 3.8) is 0 Å². The van der Waals surface area contributed by atoms with Crippen molar-refractivity contribution in [2.24, 2.45) is 4.99 Å². The average Bonchev–Trinajstić information content (AvgIpc) is 3.07. The van der Waals surface area contributed by atoms with Crippen molar-refractivity contribution in [2.75, 3.05) is 34.4 Å². The Morgan fingerprint density at radius 3 is 2.59 bits per heavy atom. The smallest absolute Gasteiger partial charge is 0.194 e. The summed E-state index contributed by atoms with van der Waals surface area (Å²) in [6.45, 7) is 6.44. The van der Waals surface area contributed by atoms with Crippen LogP contribution in [0.4, 0.5) is 0 Å². The number of rotatable bonds is 8. The number of nitrogens with one attached hydrogen (secondary N) is 1. The number of methoxy groups -OCH3 is 2. The Labute approximate surface area is 183 Å². The predicted molar refractivity (Wildman–Crippen MR) is 123 cm³/mol. The molecule has 2 rings (SSSR count). The Morgan fingerprint density at radius 1 is 1.26 bits per heavy atom. The molecule has 1 heterocycles. The molecule has 150 valence electrons. The average molecular weight is 504 g/mol. The summed E-state index contributed by atoms with van der Waals surface area (Å²) in [7, 11) is 5.36. The zero-order chi connectivity index (χ0) is 18.9. The number of halogens is 1. The summed E-state index contributed by atoms with van der Waals surface area (Å²) in [4.78, 5) is 12.4. The van der Waals surface area contributed by atoms with Gasteiger partial charge in [-0.1, -0.05) is 6.07 Å². The molecule has 8 heteroatoms. The highest BCUT2D eigenvalue weighted by atomic mass is 127. The molecule has 0 saturated carbocycles. The van der Waals surface area contributed by atoms with Gasteiger partial charge in [-0.05, 0) is 38.0 Å². The quantitative estimate of drug-likeness (QED) is 0.338. The van der Waals surface area contributed by atoms with Gasteiger partial charge >= 0.3 is 0 Å². The van der Waals surface area contributed by atoms with Crippen LogP contribution in [-0.4, -0.2) is 50.2 Å². The summed E-state index contributed by atoms with van der Waals surface area (Å²) in [6.07, 6.45) is 0.890. The van der Waals surface area contributed by atoms with Gasteiger partial charge in [0.05, 0.1) is 32.0 Å². The molecule has 6 nitrogen and oxygen atoms in total. The topological polar surface area (TPSA) is 59.0 Å². The van der Waals surface area contributed by atoms with Crippen molar-refractivity contribution in [1.29, 1.82) is 0 Å². The molecule has 0 atom stereocenters. The van der Waals surface area contributed by atoms with Crippen LogP contribution in [0, 0.1) is 6.92 Å². The Balaban J connectivity index is 0.00000364. The zero-order valence-electron chi connectivity index (χ0n) is 16.6. The van der Waals surface area contributed by atoms with E-state index in [-0.39, 0.29) is 24.0 Å². The molecule has 1 aromatic carbocycles. The molecule has 0 aliphatic heterocycles. The monoisotopic (exact) mass is 504 g/mol. The second-order valence-corrected chi connectivity index (χ2v) is 6.83. The van der Waals surface area contributed by atoms with Crippen LogP contribution in [-0.2, 0) is 13.0 Å². The maximum atomic E-state index is 5.38. The van der Waals surface area contributed by atoms with Crippen LogP contribution in [0.2, 0.25) is 0 Å². The fraction of sp³-hybridized carbons (Fsp3) is 0.474. The third-order valence-corrected chi connectivity index (χ3v) is 5.02. The van der Waals surface area contributed by atoms with Crippen molar-refractivity contribution in [3.8, 4) is 11.5 Å². The lowest BCUT2D eigenvalue weighted by Gasteiger charge is -2.22. The van der Waals surface area contributed by atoms with E-state index < -0.39 is 0 Å². The predicted octanol–water partition coefficient (Wildman–Crippen LogP) is 3.73. The number of nitrogens with zero attached hydrogens (tertiary/aromatic N) is 3. The van der Waals surface area contributed by atoms with Gasteiger partial charge in [-0.2, -0.15) is 0 Å². The minimum atomic E-state index is 0. The molecule has 27 heavy (non-hydrogen) atoms. The number of likely N-dealkylation sites (N-methyl/N-ethyl adjacent to an activating group) is 1. The first-order valence-corrected chi connectivity index (χ1v) is 9.56. The van der Waals surface area contributed by atoms with Gasteiger partial charge in [-0.3, -0.25) is 0 Å². The van der Waals surface area contributed by atoms with Crippen LogP contribution < -0.4 is 14.8 Å². The lowest BCUT2D eigenvalue weighted by Crippen LogP contribution is -2.39. The standard InChI is InChI=1S/C19H28N4O2S.HI/c1-6-20-19(21-12-18-14(2)22-13-26-18)23(3)10-9-15-7-8-16(24-4)17(11-15)25-5;/h7-8,11,13H,6,9-10,12H2,1-5H3,(H,20,21);1H. The molecule has 0 aliphatic carbocycles. The Hall–Kier alpha value is -1.55. The van der Waals surface area contributed by atoms with Crippen molar-refractivity contribution in [3.05, 3.63) is 39.8 Å². The maximum absolute atomic E-state index is 5.38. The van der Waals surface area contributed by atoms with Gasteiger partial charge < -0.3 is 19.7 Å². The van der Waals surface area contributed by atoms with E-state index in [2.05, 4.69) is 35.2 Å². The Kier molecular flexibility index (Phi) is 10.5. The van der Waals surface area contributed by atoms with Gasteiger partial charge in [-0.25, -0.2) is 9.98 Å². The van der Waals surface area contributed by atoms with E-state index in [1.165, 1.54) is 10.4 Å². The number of benzene rings is 1. The maximum Gasteiger partial charge on any atom is 0.194 e. The van der Waals surface area contributed by atoms with Crippen LogP contribution in [0.1, 0.15) is 23.1 Å². The van der Waals surface area contributed by atoms with Gasteiger partial charge in [-0.15, -0.1) is 35.3 Å². The second kappa shape index (κ2) is 12.0. The van der Waals surface area contributed by atoms with Crippen LogP contribution in [0.5, 0.6) is 11.5 Å². The molecule has 0 fully saturated rings. The third-order valence-electron chi connectivity index (χ3n) is 4.10. The molecule has 0 unspecified atom stereocenters. The molecule has 0 saturated heterocycles. The van der Waals surface area contributed by atoms with Gasteiger partial charge in [0.25, 0.3) is 0 Å². The largest absolute Gasteiger partial charge is 0.493 e. The molecule has 0 bridgehead atoms. The van der Waals surface area contributed by atoms with E-state index in [9.17, 15) is 0 Å². The molecule has 0 spiro atoms. The van der Waals surface area contributed by atoms with E-state index >= 15 is 0 Å². The number of hydrogen-bond acceptors (Lipinski definition) is 5. The highest BCUT2D eigenvalue weighted by Gasteiger charge is 2.09. The van der Waals surface area contributed by atoms with E-state index in [0.717, 1.165) is 42.7 Å². The SMILES string of the molecule is CCNC(=NCc1scnc1C)N(C)CCc1ccc(OC)c(OC)c1.I. The van der Waals surface area contributed by atoms with E-state index in [4.69, 9.17) is 14.5 Å². The summed E-state index contributed by atoms with van der Waals surface area (Å²) < 4.78 is 10.7. The molecule has 0 radical (unpaired) electrons. The highest BCUT2D eigenvalue weighted by molar-refractivity contribution is 14.0. The summed E-state index contributed by atoms with van der Waals surface area (Å²) >= 11 is 1.65. The normalized spacial score (nSPS) is 10.9. The summed E-state index contributed by atoms with van der Waals surface area (Å²) in [5, 5.41) is 3.36. The highest BCUT2D eigenvalue weighted by Crippen LogP contribution is 2.27. The van der Waals surface area contributed by atoms with Crippen LogP contribution in [0.15, 0.2) is 28.7 Å². The van der Waals surface area contributed by atoms with Crippen molar-refractivity contribution >= 4 is 41.3 Å². The zero-order valence-corrected chi connectivity index (χ0v) is 19.8. The summed E-state index contributed by atoms with van der Waals surface area (Å²) in [5.74, 6) is 2.41. The van der Waals surface area contributed by atoms with Crippen molar-refractivity contribution < 1.29 is 9.47 Å². The first-order chi connectivity index (χ1) is 12.6. The van der Waals surface area contributed by atoms with Crippen molar-refractivity contribution in [1.82, 2.24) is 15.2 Å². The minimum Gasteiger partial charge on any atom is -0.493 e. The summed E-state index contributed by atoms with van der Waals surface area (Å²) in [6, 6.07) is 6.04. The van der Waals surface area contributed by atoms with E-state index in [0.29, 0.717) is 6.54 Å². The van der Waals surface area contributed by atoms with E-state index in [1.54, 1.807) is 25.6 Å². The number of ether oxygens (including phenoxy) is 2. The number of thiazole rings is 1. The lowest BCUT2D eigenvalue weighted by molar-refractivity contribution is 0.354. The number of aliphatic imine (C=N–C) groups is 1. The van der Waals surface area contributed by atoms with Gasteiger partial charge in [0.15, 0.2) is 17.5 Å². The van der Waals surface area contributed by atoms with Crippen molar-refractivity contribution in [2.45, 2.75) is 26.8 Å². The first kappa shape index (κ1) is 23.5. The van der Waals surface area contributed by atoms with Crippen LogP contribution in [0.25, 0.3) is 0 Å². The summed E-state index contributed by atoms with van der Waals surface area (Å²) in [5.41, 5.74) is 4.12. The number of aromatic nitrogens is 1. The Bertz CT molecular complexity index is 736. The molecule has 2 aromatic rings. The fourth-order valence-electron chi connectivity index (χ4n) is 2.53. The van der Waals surface area contributed by atoms with Gasteiger partial charge in [0, 0.05) is 25.0 Å². The number of hydrogen-bond donors (Lipinski definition) is 1. The number of guanidine groups is 1. The molecule has 1 aromatic heterocycles. The Morgan fingerprint density at radius 2 is 2.00 bits per heavy atom. The third kappa shape index (κ3) is 6.84. The minimum absolute atomic E-state index is 0. The molecular weight excluding hydrogens is 475 g/mol.